The lowest BCUT2D eigenvalue weighted by molar-refractivity contribution is 0.867. The molecule has 0 saturated carbocycles. The number of guanidine groups is 1. The Labute approximate surface area is 150 Å². The molecular weight excluding hydrogens is 385 g/mol. The average Bonchev–Trinajstić information content (AvgIpc) is 2.47. The highest BCUT2D eigenvalue weighted by atomic mass is 127. The van der Waals surface area contributed by atoms with Crippen molar-refractivity contribution in [3.8, 4) is 0 Å². The lowest BCUT2D eigenvalue weighted by Crippen LogP contribution is -2.22. The van der Waals surface area contributed by atoms with E-state index in [0.717, 1.165) is 11.3 Å². The number of anilines is 1. The summed E-state index contributed by atoms with van der Waals surface area (Å²) in [6.45, 7) is 7.01. The molecule has 0 aliphatic heterocycles. The van der Waals surface area contributed by atoms with Crippen LogP contribution in [0.2, 0.25) is 0 Å². The number of nitrogens with one attached hydrogen (secondary N) is 1. The Morgan fingerprint density at radius 2 is 1.82 bits per heavy atom. The average molecular weight is 409 g/mol. The molecule has 3 N–H and O–H groups in total. The van der Waals surface area contributed by atoms with Crippen molar-refractivity contribution in [2.75, 3.05) is 5.32 Å². The van der Waals surface area contributed by atoms with Gasteiger partial charge in [-0.25, -0.2) is 4.99 Å². The molecule has 2 aromatic rings. The van der Waals surface area contributed by atoms with Gasteiger partial charge in [0, 0.05) is 5.69 Å². The largest absolute Gasteiger partial charge is 0.370 e. The zero-order valence-corrected chi connectivity index (χ0v) is 15.7. The standard InChI is InChI=1S/C18H23N3.HI/c1-13(2)16-5-4-6-17(11-16)21-18(19)20-12-15-9-7-14(3)8-10-15;/h4-11,13H,12H2,1-3H3,(H3,19,20,21);1H. The maximum Gasteiger partial charge on any atom is 0.193 e. The molecule has 0 aliphatic carbocycles. The number of aliphatic imine (C=N–C) groups is 1. The summed E-state index contributed by atoms with van der Waals surface area (Å²) in [7, 11) is 0. The molecule has 22 heavy (non-hydrogen) atoms. The molecule has 0 amide bonds. The van der Waals surface area contributed by atoms with E-state index in [9.17, 15) is 0 Å². The van der Waals surface area contributed by atoms with Crippen LogP contribution < -0.4 is 11.1 Å². The predicted molar refractivity (Wildman–Crippen MR) is 106 cm³/mol. The highest BCUT2D eigenvalue weighted by Crippen LogP contribution is 2.18. The van der Waals surface area contributed by atoms with Gasteiger partial charge in [-0.05, 0) is 36.1 Å². The van der Waals surface area contributed by atoms with Gasteiger partial charge in [-0.15, -0.1) is 24.0 Å². The Morgan fingerprint density at radius 1 is 1.14 bits per heavy atom. The van der Waals surface area contributed by atoms with Crippen LogP contribution in [0.4, 0.5) is 5.69 Å². The molecule has 0 fully saturated rings. The van der Waals surface area contributed by atoms with Gasteiger partial charge in [0.2, 0.25) is 0 Å². The van der Waals surface area contributed by atoms with Crippen LogP contribution in [0, 0.1) is 6.92 Å². The molecular formula is C18H24IN3. The highest BCUT2D eigenvalue weighted by Gasteiger charge is 2.01. The summed E-state index contributed by atoms with van der Waals surface area (Å²) in [6, 6.07) is 16.6. The molecule has 0 bridgehead atoms. The Morgan fingerprint density at radius 3 is 2.45 bits per heavy atom. The Bertz CT molecular complexity index is 618. The van der Waals surface area contributed by atoms with Crippen molar-refractivity contribution in [2.45, 2.75) is 33.2 Å². The summed E-state index contributed by atoms with van der Waals surface area (Å²) in [5.41, 5.74) is 10.6. The van der Waals surface area contributed by atoms with E-state index in [4.69, 9.17) is 5.73 Å². The van der Waals surface area contributed by atoms with Gasteiger partial charge >= 0.3 is 0 Å². The SMILES string of the molecule is Cc1ccc(CN=C(N)Nc2cccc(C(C)C)c2)cc1.I. The van der Waals surface area contributed by atoms with Crippen LogP contribution in [0.5, 0.6) is 0 Å². The minimum absolute atomic E-state index is 0. The van der Waals surface area contributed by atoms with Crippen molar-refractivity contribution in [3.63, 3.8) is 0 Å². The molecule has 2 aromatic carbocycles. The molecule has 4 heteroatoms. The fourth-order valence-electron chi connectivity index (χ4n) is 2.03. The number of nitrogens with two attached hydrogens (primary N) is 1. The number of hydrogen-bond donors (Lipinski definition) is 2. The number of hydrogen-bond acceptors (Lipinski definition) is 1. The molecule has 0 saturated heterocycles. The second kappa shape index (κ2) is 8.78. The minimum atomic E-state index is 0. The van der Waals surface area contributed by atoms with Crippen molar-refractivity contribution in [2.24, 2.45) is 10.7 Å². The smallest absolute Gasteiger partial charge is 0.193 e. The Balaban J connectivity index is 0.00000242. The van der Waals surface area contributed by atoms with Gasteiger partial charge in [-0.2, -0.15) is 0 Å². The number of aryl methyl sites for hydroxylation is 1. The van der Waals surface area contributed by atoms with E-state index in [1.165, 1.54) is 11.1 Å². The number of benzene rings is 2. The zero-order chi connectivity index (χ0) is 15.2. The fraction of sp³-hybridized carbons (Fsp3) is 0.278. The van der Waals surface area contributed by atoms with Gasteiger partial charge in [0.05, 0.1) is 6.54 Å². The zero-order valence-electron chi connectivity index (χ0n) is 13.3. The summed E-state index contributed by atoms with van der Waals surface area (Å²) in [5, 5.41) is 3.15. The van der Waals surface area contributed by atoms with E-state index in [2.05, 4.69) is 67.5 Å². The van der Waals surface area contributed by atoms with Crippen LogP contribution in [0.1, 0.15) is 36.5 Å². The number of rotatable bonds is 4. The quantitative estimate of drug-likeness (QED) is 0.438. The van der Waals surface area contributed by atoms with Crippen LogP contribution in [0.3, 0.4) is 0 Å². The van der Waals surface area contributed by atoms with Crippen molar-refractivity contribution in [1.29, 1.82) is 0 Å². The summed E-state index contributed by atoms with van der Waals surface area (Å²) in [4.78, 5) is 4.38. The first kappa shape index (κ1) is 18.5. The second-order valence-electron chi connectivity index (χ2n) is 5.59. The fourth-order valence-corrected chi connectivity index (χ4v) is 2.03. The van der Waals surface area contributed by atoms with Crippen LogP contribution in [-0.4, -0.2) is 5.96 Å². The van der Waals surface area contributed by atoms with Gasteiger partial charge in [0.1, 0.15) is 0 Å². The molecule has 118 valence electrons. The first-order valence-electron chi connectivity index (χ1n) is 7.27. The van der Waals surface area contributed by atoms with Crippen LogP contribution >= 0.6 is 24.0 Å². The molecule has 3 nitrogen and oxygen atoms in total. The van der Waals surface area contributed by atoms with Gasteiger partial charge in [0.25, 0.3) is 0 Å². The van der Waals surface area contributed by atoms with E-state index in [0.29, 0.717) is 18.4 Å². The molecule has 0 aromatic heterocycles. The van der Waals surface area contributed by atoms with Crippen molar-refractivity contribution < 1.29 is 0 Å². The summed E-state index contributed by atoms with van der Waals surface area (Å²) >= 11 is 0. The topological polar surface area (TPSA) is 50.4 Å². The maximum atomic E-state index is 5.95. The van der Waals surface area contributed by atoms with E-state index in [1.807, 2.05) is 12.1 Å². The van der Waals surface area contributed by atoms with E-state index < -0.39 is 0 Å². The van der Waals surface area contributed by atoms with Gasteiger partial charge < -0.3 is 11.1 Å². The lowest BCUT2D eigenvalue weighted by atomic mass is 10.0. The molecule has 0 unspecified atom stereocenters. The summed E-state index contributed by atoms with van der Waals surface area (Å²) in [5.74, 6) is 0.939. The summed E-state index contributed by atoms with van der Waals surface area (Å²) < 4.78 is 0. The van der Waals surface area contributed by atoms with E-state index in [1.54, 1.807) is 0 Å². The minimum Gasteiger partial charge on any atom is -0.370 e. The number of halogens is 1. The third-order valence-corrected chi connectivity index (χ3v) is 3.38. The maximum absolute atomic E-state index is 5.95. The first-order valence-corrected chi connectivity index (χ1v) is 7.27. The molecule has 0 radical (unpaired) electrons. The van der Waals surface area contributed by atoms with Gasteiger partial charge in [-0.1, -0.05) is 55.8 Å². The second-order valence-corrected chi connectivity index (χ2v) is 5.59. The lowest BCUT2D eigenvalue weighted by Gasteiger charge is -2.10. The molecule has 0 aliphatic rings. The summed E-state index contributed by atoms with van der Waals surface area (Å²) in [6.07, 6.45) is 0. The van der Waals surface area contributed by atoms with E-state index in [-0.39, 0.29) is 24.0 Å². The predicted octanol–water partition coefficient (Wildman–Crippen LogP) is 4.66. The third-order valence-electron chi connectivity index (χ3n) is 3.38. The third kappa shape index (κ3) is 5.67. The Hall–Kier alpha value is -1.56. The number of nitrogens with zero attached hydrogens (tertiary/aromatic N) is 1. The molecule has 0 atom stereocenters. The first-order chi connectivity index (χ1) is 10.0. The van der Waals surface area contributed by atoms with Crippen molar-refractivity contribution in [3.05, 3.63) is 65.2 Å². The van der Waals surface area contributed by atoms with Crippen molar-refractivity contribution >= 4 is 35.6 Å². The van der Waals surface area contributed by atoms with E-state index >= 15 is 0 Å². The van der Waals surface area contributed by atoms with Crippen LogP contribution in [-0.2, 0) is 6.54 Å². The molecule has 0 spiro atoms. The van der Waals surface area contributed by atoms with Crippen LogP contribution in [0.25, 0.3) is 0 Å². The normalized spacial score (nSPS) is 11.2. The Kier molecular flexibility index (Phi) is 7.38. The highest BCUT2D eigenvalue weighted by molar-refractivity contribution is 14.0. The van der Waals surface area contributed by atoms with Crippen molar-refractivity contribution in [1.82, 2.24) is 0 Å². The van der Waals surface area contributed by atoms with Gasteiger partial charge in [0.15, 0.2) is 5.96 Å². The molecule has 2 rings (SSSR count). The monoisotopic (exact) mass is 409 g/mol. The molecule has 0 heterocycles. The van der Waals surface area contributed by atoms with Gasteiger partial charge in [-0.3, -0.25) is 0 Å². The van der Waals surface area contributed by atoms with Crippen LogP contribution in [0.15, 0.2) is 53.5 Å².